The predicted octanol–water partition coefficient (Wildman–Crippen LogP) is 3.38. The third-order valence-corrected chi connectivity index (χ3v) is 5.08. The van der Waals surface area contributed by atoms with Crippen molar-refractivity contribution in [3.05, 3.63) is 40.5 Å². The van der Waals surface area contributed by atoms with E-state index in [1.807, 2.05) is 11.0 Å². The van der Waals surface area contributed by atoms with E-state index in [4.69, 9.17) is 9.47 Å². The molecule has 1 unspecified atom stereocenters. The molecule has 0 aliphatic carbocycles. The van der Waals surface area contributed by atoms with Gasteiger partial charge in [0.15, 0.2) is 6.29 Å². The maximum Gasteiger partial charge on any atom is 0.246 e. The monoisotopic (exact) mass is 329 g/mol. The number of nitrogens with zero attached hydrogens (tertiary/aromatic N) is 1. The van der Waals surface area contributed by atoms with Gasteiger partial charge in [-0.15, -0.1) is 0 Å². The molecule has 2 saturated heterocycles. The standard InChI is InChI=1S/C20H27NO3/c1-14-12-16(3)17(13-15(14)2)7-8-19(22)21-9-5-4-6-18(21)20-23-10-11-24-20/h7-8,12-13,18,20H,4-6,9-11H2,1-3H3/b8-7+. The summed E-state index contributed by atoms with van der Waals surface area (Å²) in [7, 11) is 0. The number of aryl methyl sites for hydroxylation is 3. The summed E-state index contributed by atoms with van der Waals surface area (Å²) in [6.07, 6.45) is 6.50. The van der Waals surface area contributed by atoms with Gasteiger partial charge in [0.1, 0.15) is 0 Å². The lowest BCUT2D eigenvalue weighted by Crippen LogP contribution is -2.49. The molecule has 2 heterocycles. The minimum absolute atomic E-state index is 0.0410. The van der Waals surface area contributed by atoms with Crippen molar-refractivity contribution >= 4 is 12.0 Å². The van der Waals surface area contributed by atoms with Crippen LogP contribution in [0.5, 0.6) is 0 Å². The highest BCUT2D eigenvalue weighted by Gasteiger charge is 2.35. The average Bonchev–Trinajstić information content (AvgIpc) is 3.11. The maximum absolute atomic E-state index is 12.7. The fourth-order valence-corrected chi connectivity index (χ4v) is 3.53. The highest BCUT2D eigenvalue weighted by molar-refractivity contribution is 5.92. The highest BCUT2D eigenvalue weighted by Crippen LogP contribution is 2.25. The third-order valence-electron chi connectivity index (χ3n) is 5.08. The number of amides is 1. The molecular formula is C20H27NO3. The molecule has 1 atom stereocenters. The first kappa shape index (κ1) is 17.2. The Morgan fingerprint density at radius 1 is 1.08 bits per heavy atom. The molecule has 0 bridgehead atoms. The second-order valence-electron chi connectivity index (χ2n) is 6.83. The predicted molar refractivity (Wildman–Crippen MR) is 94.7 cm³/mol. The molecule has 2 aliphatic heterocycles. The minimum atomic E-state index is -0.258. The Bertz CT molecular complexity index is 632. The van der Waals surface area contributed by atoms with E-state index in [0.717, 1.165) is 31.4 Å². The number of benzene rings is 1. The van der Waals surface area contributed by atoms with Crippen molar-refractivity contribution < 1.29 is 14.3 Å². The van der Waals surface area contributed by atoms with Crippen LogP contribution in [-0.2, 0) is 14.3 Å². The number of hydrogen-bond acceptors (Lipinski definition) is 3. The Balaban J connectivity index is 1.74. The van der Waals surface area contributed by atoms with E-state index in [-0.39, 0.29) is 18.2 Å². The van der Waals surface area contributed by atoms with Crippen molar-refractivity contribution in [2.45, 2.75) is 52.4 Å². The highest BCUT2D eigenvalue weighted by atomic mass is 16.7. The fourth-order valence-electron chi connectivity index (χ4n) is 3.53. The van der Waals surface area contributed by atoms with Crippen LogP contribution in [0.4, 0.5) is 0 Å². The number of carbonyl (C=O) groups excluding carboxylic acids is 1. The van der Waals surface area contributed by atoms with Gasteiger partial charge in [-0.2, -0.15) is 0 Å². The second-order valence-corrected chi connectivity index (χ2v) is 6.83. The van der Waals surface area contributed by atoms with Crippen LogP contribution in [0.1, 0.15) is 41.5 Å². The van der Waals surface area contributed by atoms with E-state index < -0.39 is 0 Å². The number of likely N-dealkylation sites (tertiary alicyclic amines) is 1. The fraction of sp³-hybridized carbons (Fsp3) is 0.550. The van der Waals surface area contributed by atoms with Gasteiger partial charge in [0, 0.05) is 12.6 Å². The molecule has 0 N–H and O–H groups in total. The van der Waals surface area contributed by atoms with Crippen molar-refractivity contribution in [3.63, 3.8) is 0 Å². The van der Waals surface area contributed by atoms with Crippen molar-refractivity contribution in [3.8, 4) is 0 Å². The number of hydrogen-bond donors (Lipinski definition) is 0. The smallest absolute Gasteiger partial charge is 0.246 e. The van der Waals surface area contributed by atoms with E-state index >= 15 is 0 Å². The molecule has 0 spiro atoms. The Kier molecular flexibility index (Phi) is 5.36. The summed E-state index contributed by atoms with van der Waals surface area (Å²) in [6, 6.07) is 4.36. The summed E-state index contributed by atoms with van der Waals surface area (Å²) in [5, 5.41) is 0. The van der Waals surface area contributed by atoms with Crippen LogP contribution < -0.4 is 0 Å². The van der Waals surface area contributed by atoms with E-state index in [2.05, 4.69) is 32.9 Å². The van der Waals surface area contributed by atoms with Gasteiger partial charge in [-0.3, -0.25) is 4.79 Å². The van der Waals surface area contributed by atoms with Crippen LogP contribution in [-0.4, -0.2) is 42.9 Å². The van der Waals surface area contributed by atoms with Crippen molar-refractivity contribution in [2.75, 3.05) is 19.8 Å². The SMILES string of the molecule is Cc1cc(C)c(/C=C/C(=O)N2CCCCC2C2OCCO2)cc1C. The molecule has 24 heavy (non-hydrogen) atoms. The summed E-state index contributed by atoms with van der Waals surface area (Å²) in [6.45, 7) is 8.33. The molecule has 2 aliphatic rings. The third kappa shape index (κ3) is 3.70. The second kappa shape index (κ2) is 7.49. The largest absolute Gasteiger partial charge is 0.348 e. The summed E-state index contributed by atoms with van der Waals surface area (Å²) in [4.78, 5) is 14.7. The number of piperidine rings is 1. The quantitative estimate of drug-likeness (QED) is 0.798. The number of carbonyl (C=O) groups is 1. The first-order valence-electron chi connectivity index (χ1n) is 8.86. The van der Waals surface area contributed by atoms with Gasteiger partial charge < -0.3 is 14.4 Å². The molecule has 3 rings (SSSR count). The van der Waals surface area contributed by atoms with Gasteiger partial charge in [-0.05, 0) is 68.4 Å². The van der Waals surface area contributed by atoms with E-state index in [9.17, 15) is 4.79 Å². The molecule has 1 aromatic carbocycles. The maximum atomic E-state index is 12.7. The number of rotatable bonds is 3. The van der Waals surface area contributed by atoms with Crippen molar-refractivity contribution in [2.24, 2.45) is 0 Å². The number of ether oxygens (including phenoxy) is 2. The zero-order valence-corrected chi connectivity index (χ0v) is 14.9. The van der Waals surface area contributed by atoms with Crippen molar-refractivity contribution in [1.29, 1.82) is 0 Å². The van der Waals surface area contributed by atoms with Gasteiger partial charge in [0.2, 0.25) is 5.91 Å². The summed E-state index contributed by atoms with van der Waals surface area (Å²) in [5.74, 6) is 0.0522. The summed E-state index contributed by atoms with van der Waals surface area (Å²) < 4.78 is 11.3. The van der Waals surface area contributed by atoms with E-state index in [0.29, 0.717) is 13.2 Å². The van der Waals surface area contributed by atoms with Crippen LogP contribution in [0.15, 0.2) is 18.2 Å². The van der Waals surface area contributed by atoms with Crippen LogP contribution in [0.25, 0.3) is 6.08 Å². The zero-order chi connectivity index (χ0) is 17.1. The van der Waals surface area contributed by atoms with Crippen molar-refractivity contribution in [1.82, 2.24) is 4.90 Å². The molecule has 4 heteroatoms. The molecule has 0 saturated carbocycles. The lowest BCUT2D eigenvalue weighted by molar-refractivity contribution is -0.145. The Labute approximate surface area is 144 Å². The van der Waals surface area contributed by atoms with Crippen LogP contribution >= 0.6 is 0 Å². The van der Waals surface area contributed by atoms with Gasteiger partial charge in [0.05, 0.1) is 19.3 Å². The molecule has 1 amide bonds. The van der Waals surface area contributed by atoms with E-state index in [1.54, 1.807) is 6.08 Å². The Morgan fingerprint density at radius 3 is 2.54 bits per heavy atom. The molecule has 4 nitrogen and oxygen atoms in total. The first-order chi connectivity index (χ1) is 11.6. The molecule has 130 valence electrons. The zero-order valence-electron chi connectivity index (χ0n) is 14.9. The first-order valence-corrected chi connectivity index (χ1v) is 8.86. The minimum Gasteiger partial charge on any atom is -0.348 e. The lowest BCUT2D eigenvalue weighted by atomic mass is 9.99. The molecule has 0 aromatic heterocycles. The summed E-state index contributed by atoms with van der Waals surface area (Å²) in [5.41, 5.74) is 4.83. The van der Waals surface area contributed by atoms with Crippen LogP contribution in [0, 0.1) is 20.8 Å². The average molecular weight is 329 g/mol. The molecule has 1 aromatic rings. The Hall–Kier alpha value is -1.65. The van der Waals surface area contributed by atoms with Gasteiger partial charge in [0.25, 0.3) is 0 Å². The van der Waals surface area contributed by atoms with E-state index in [1.165, 1.54) is 16.7 Å². The van der Waals surface area contributed by atoms with Gasteiger partial charge in [-0.25, -0.2) is 0 Å². The Morgan fingerprint density at radius 2 is 1.79 bits per heavy atom. The summed E-state index contributed by atoms with van der Waals surface area (Å²) >= 11 is 0. The van der Waals surface area contributed by atoms with Gasteiger partial charge >= 0.3 is 0 Å². The molecule has 2 fully saturated rings. The molecule has 0 radical (unpaired) electrons. The van der Waals surface area contributed by atoms with Gasteiger partial charge in [-0.1, -0.05) is 12.1 Å². The lowest BCUT2D eigenvalue weighted by Gasteiger charge is -2.37. The normalized spacial score (nSPS) is 22.5. The van der Waals surface area contributed by atoms with Crippen LogP contribution in [0.2, 0.25) is 0 Å². The topological polar surface area (TPSA) is 38.8 Å². The molecular weight excluding hydrogens is 302 g/mol. The van der Waals surface area contributed by atoms with Crippen LogP contribution in [0.3, 0.4) is 0 Å².